The van der Waals surface area contributed by atoms with Crippen LogP contribution in [0.2, 0.25) is 5.02 Å². The standard InChI is InChI=1S/C12H15BrClNO/c1-8-2-4-10(5-3-8)16-12-11(14)6-9(13)7-15-12/h6-8,10H,2-5H2,1H3. The van der Waals surface area contributed by atoms with E-state index in [0.29, 0.717) is 10.9 Å². The Hall–Kier alpha value is -0.280. The minimum absolute atomic E-state index is 0.280. The lowest BCUT2D eigenvalue weighted by Gasteiger charge is -2.26. The molecular weight excluding hydrogens is 289 g/mol. The summed E-state index contributed by atoms with van der Waals surface area (Å²) in [5, 5.41) is 0.577. The molecule has 2 rings (SSSR count). The second-order valence-corrected chi connectivity index (χ2v) is 5.76. The Morgan fingerprint density at radius 3 is 2.69 bits per heavy atom. The highest BCUT2D eigenvalue weighted by atomic mass is 79.9. The molecule has 0 N–H and O–H groups in total. The molecule has 0 saturated heterocycles. The van der Waals surface area contributed by atoms with Gasteiger partial charge >= 0.3 is 0 Å². The van der Waals surface area contributed by atoms with E-state index in [0.717, 1.165) is 23.2 Å². The largest absolute Gasteiger partial charge is 0.473 e. The number of rotatable bonds is 2. The summed E-state index contributed by atoms with van der Waals surface area (Å²) >= 11 is 9.39. The van der Waals surface area contributed by atoms with Crippen molar-refractivity contribution in [3.8, 4) is 5.88 Å². The van der Waals surface area contributed by atoms with Crippen molar-refractivity contribution in [2.75, 3.05) is 0 Å². The lowest BCUT2D eigenvalue weighted by Crippen LogP contribution is -2.23. The van der Waals surface area contributed by atoms with Crippen LogP contribution >= 0.6 is 27.5 Å². The molecule has 0 bridgehead atoms. The van der Waals surface area contributed by atoms with E-state index >= 15 is 0 Å². The van der Waals surface area contributed by atoms with Crippen molar-refractivity contribution < 1.29 is 4.74 Å². The number of pyridine rings is 1. The summed E-state index contributed by atoms with van der Waals surface area (Å²) in [4.78, 5) is 4.19. The van der Waals surface area contributed by atoms with E-state index < -0.39 is 0 Å². The molecule has 2 nitrogen and oxygen atoms in total. The van der Waals surface area contributed by atoms with E-state index in [9.17, 15) is 0 Å². The minimum atomic E-state index is 0.280. The summed E-state index contributed by atoms with van der Waals surface area (Å²) in [6.45, 7) is 2.29. The van der Waals surface area contributed by atoms with Crippen LogP contribution < -0.4 is 4.74 Å². The summed E-state index contributed by atoms with van der Waals surface area (Å²) in [6.07, 6.45) is 6.68. The summed E-state index contributed by atoms with van der Waals surface area (Å²) in [5.74, 6) is 1.39. The SMILES string of the molecule is CC1CCC(Oc2ncc(Br)cc2Cl)CC1. The third-order valence-corrected chi connectivity index (χ3v) is 3.72. The van der Waals surface area contributed by atoms with Crippen LogP contribution in [-0.4, -0.2) is 11.1 Å². The normalized spacial score (nSPS) is 25.4. The monoisotopic (exact) mass is 303 g/mol. The van der Waals surface area contributed by atoms with Crippen molar-refractivity contribution in [3.05, 3.63) is 21.8 Å². The maximum atomic E-state index is 6.06. The van der Waals surface area contributed by atoms with Crippen LogP contribution in [0.1, 0.15) is 32.6 Å². The predicted octanol–water partition coefficient (Wildman–Crippen LogP) is 4.46. The molecule has 1 aromatic heterocycles. The highest BCUT2D eigenvalue weighted by Gasteiger charge is 2.20. The highest BCUT2D eigenvalue weighted by molar-refractivity contribution is 9.10. The fourth-order valence-corrected chi connectivity index (χ4v) is 2.67. The molecule has 1 heterocycles. The van der Waals surface area contributed by atoms with Crippen molar-refractivity contribution in [3.63, 3.8) is 0 Å². The Bertz CT molecular complexity index is 364. The highest BCUT2D eigenvalue weighted by Crippen LogP contribution is 2.30. The molecule has 0 radical (unpaired) electrons. The Morgan fingerprint density at radius 1 is 1.38 bits per heavy atom. The first kappa shape index (κ1) is 12.2. The number of nitrogens with zero attached hydrogens (tertiary/aromatic N) is 1. The number of ether oxygens (including phenoxy) is 1. The molecule has 1 aliphatic rings. The van der Waals surface area contributed by atoms with Crippen LogP contribution in [0, 0.1) is 5.92 Å². The Morgan fingerprint density at radius 2 is 2.06 bits per heavy atom. The van der Waals surface area contributed by atoms with E-state index in [4.69, 9.17) is 16.3 Å². The van der Waals surface area contributed by atoms with E-state index in [-0.39, 0.29) is 6.10 Å². The number of halogens is 2. The fraction of sp³-hybridized carbons (Fsp3) is 0.583. The maximum absolute atomic E-state index is 6.06. The Labute approximate surface area is 109 Å². The molecule has 0 aliphatic heterocycles. The van der Waals surface area contributed by atoms with Crippen molar-refractivity contribution in [1.82, 2.24) is 4.98 Å². The minimum Gasteiger partial charge on any atom is -0.473 e. The second-order valence-electron chi connectivity index (χ2n) is 4.44. The van der Waals surface area contributed by atoms with Crippen LogP contribution in [0.25, 0.3) is 0 Å². The molecule has 0 unspecified atom stereocenters. The molecule has 4 heteroatoms. The summed E-state index contributed by atoms with van der Waals surface area (Å²) < 4.78 is 6.70. The number of hydrogen-bond donors (Lipinski definition) is 0. The van der Waals surface area contributed by atoms with Gasteiger partial charge in [-0.2, -0.15) is 0 Å². The van der Waals surface area contributed by atoms with Gasteiger partial charge in [0, 0.05) is 10.7 Å². The number of hydrogen-bond acceptors (Lipinski definition) is 2. The van der Waals surface area contributed by atoms with Gasteiger partial charge < -0.3 is 4.74 Å². The summed E-state index contributed by atoms with van der Waals surface area (Å²) in [5.41, 5.74) is 0. The topological polar surface area (TPSA) is 22.1 Å². The van der Waals surface area contributed by atoms with E-state index in [1.807, 2.05) is 6.07 Å². The lowest BCUT2D eigenvalue weighted by atomic mass is 9.89. The van der Waals surface area contributed by atoms with Crippen molar-refractivity contribution in [2.24, 2.45) is 5.92 Å². The average molecular weight is 305 g/mol. The van der Waals surface area contributed by atoms with E-state index in [1.165, 1.54) is 12.8 Å². The maximum Gasteiger partial charge on any atom is 0.232 e. The Balaban J connectivity index is 1.98. The van der Waals surface area contributed by atoms with Gasteiger partial charge in [-0.3, -0.25) is 0 Å². The molecular formula is C12H15BrClNO. The van der Waals surface area contributed by atoms with Crippen LogP contribution in [0.3, 0.4) is 0 Å². The molecule has 0 spiro atoms. The van der Waals surface area contributed by atoms with E-state index in [1.54, 1.807) is 6.20 Å². The molecule has 0 amide bonds. The second kappa shape index (κ2) is 5.37. The fourth-order valence-electron chi connectivity index (χ4n) is 1.99. The van der Waals surface area contributed by atoms with E-state index in [2.05, 4.69) is 27.8 Å². The first-order chi connectivity index (χ1) is 7.65. The first-order valence-electron chi connectivity index (χ1n) is 5.63. The van der Waals surface area contributed by atoms with Gasteiger partial charge in [0.15, 0.2) is 0 Å². The first-order valence-corrected chi connectivity index (χ1v) is 6.80. The van der Waals surface area contributed by atoms with Gasteiger partial charge in [0.1, 0.15) is 11.1 Å². The molecule has 16 heavy (non-hydrogen) atoms. The van der Waals surface area contributed by atoms with Gasteiger partial charge in [-0.15, -0.1) is 0 Å². The van der Waals surface area contributed by atoms with Crippen molar-refractivity contribution >= 4 is 27.5 Å². The summed E-state index contributed by atoms with van der Waals surface area (Å²) in [7, 11) is 0. The molecule has 1 aliphatic carbocycles. The van der Waals surface area contributed by atoms with Gasteiger partial charge in [-0.1, -0.05) is 18.5 Å². The van der Waals surface area contributed by atoms with Crippen LogP contribution in [0.4, 0.5) is 0 Å². The van der Waals surface area contributed by atoms with Gasteiger partial charge in [0.2, 0.25) is 5.88 Å². The van der Waals surface area contributed by atoms with Crippen LogP contribution in [0.5, 0.6) is 5.88 Å². The quantitative estimate of drug-likeness (QED) is 0.805. The zero-order valence-corrected chi connectivity index (χ0v) is 11.6. The van der Waals surface area contributed by atoms with Crippen LogP contribution in [-0.2, 0) is 0 Å². The summed E-state index contributed by atoms with van der Waals surface area (Å²) in [6, 6.07) is 1.81. The number of aromatic nitrogens is 1. The molecule has 88 valence electrons. The predicted molar refractivity (Wildman–Crippen MR) is 69.0 cm³/mol. The third-order valence-electron chi connectivity index (χ3n) is 3.02. The lowest BCUT2D eigenvalue weighted by molar-refractivity contribution is 0.130. The zero-order valence-electron chi connectivity index (χ0n) is 9.25. The van der Waals surface area contributed by atoms with Crippen LogP contribution in [0.15, 0.2) is 16.7 Å². The Kier molecular flexibility index (Phi) is 4.09. The van der Waals surface area contributed by atoms with Crippen molar-refractivity contribution in [2.45, 2.75) is 38.7 Å². The van der Waals surface area contributed by atoms with Gasteiger partial charge in [0.25, 0.3) is 0 Å². The smallest absolute Gasteiger partial charge is 0.232 e. The average Bonchev–Trinajstić information content (AvgIpc) is 2.25. The van der Waals surface area contributed by atoms with Gasteiger partial charge in [0.05, 0.1) is 0 Å². The molecule has 1 aromatic rings. The molecule has 1 fully saturated rings. The van der Waals surface area contributed by atoms with Gasteiger partial charge in [-0.25, -0.2) is 4.98 Å². The molecule has 0 atom stereocenters. The molecule has 1 saturated carbocycles. The van der Waals surface area contributed by atoms with Gasteiger partial charge in [-0.05, 0) is 53.6 Å². The zero-order chi connectivity index (χ0) is 11.5. The molecule has 0 aromatic carbocycles. The third kappa shape index (κ3) is 3.11. The van der Waals surface area contributed by atoms with Crippen molar-refractivity contribution in [1.29, 1.82) is 0 Å².